The Morgan fingerprint density at radius 1 is 0.939 bits per heavy atom. The normalized spacial score (nSPS) is 10.8. The number of carbonyl (C=O) groups is 2. The molecule has 0 aliphatic heterocycles. The van der Waals surface area contributed by atoms with Crippen molar-refractivity contribution in [1.82, 2.24) is 5.32 Å². The fraction of sp³-hybridized carbons (Fsp3) is 0.130. The molecule has 1 amide bonds. The van der Waals surface area contributed by atoms with Crippen LogP contribution in [0, 0.1) is 0 Å². The quantitative estimate of drug-likeness (QED) is 0.445. The molecule has 2 N–H and O–H groups in total. The first-order chi connectivity index (χ1) is 15.8. The number of ether oxygens (including phenoxy) is 2. The van der Waals surface area contributed by atoms with Crippen LogP contribution in [0.25, 0.3) is 0 Å². The molecule has 3 rings (SSSR count). The number of rotatable bonds is 9. The first kappa shape index (κ1) is 24.1. The maximum Gasteiger partial charge on any atom is 0.340 e. The molecule has 0 heterocycles. The van der Waals surface area contributed by atoms with Crippen LogP contribution >= 0.6 is 11.6 Å². The SMILES string of the molecule is COc1ccc(CNC(=O)COC(=O)c2ccccc2NS(=O)(=O)c2ccc(Cl)cc2)cc1. The maximum absolute atomic E-state index is 12.6. The summed E-state index contributed by atoms with van der Waals surface area (Å²) in [5.74, 6) is -0.647. The number of para-hydroxylation sites is 1. The fourth-order valence-corrected chi connectivity index (χ4v) is 3.98. The highest BCUT2D eigenvalue weighted by Gasteiger charge is 2.20. The van der Waals surface area contributed by atoms with Crippen molar-refractivity contribution in [2.75, 3.05) is 18.4 Å². The summed E-state index contributed by atoms with van der Waals surface area (Å²) in [5, 5.41) is 3.03. The van der Waals surface area contributed by atoms with Crippen LogP contribution in [0.1, 0.15) is 15.9 Å². The van der Waals surface area contributed by atoms with Gasteiger partial charge in [-0.25, -0.2) is 13.2 Å². The Morgan fingerprint density at radius 2 is 1.61 bits per heavy atom. The van der Waals surface area contributed by atoms with Gasteiger partial charge >= 0.3 is 5.97 Å². The number of methoxy groups -OCH3 is 1. The van der Waals surface area contributed by atoms with Crippen molar-refractivity contribution in [2.24, 2.45) is 0 Å². The zero-order valence-electron chi connectivity index (χ0n) is 17.6. The summed E-state index contributed by atoms with van der Waals surface area (Å²) in [6.45, 7) is -0.273. The summed E-state index contributed by atoms with van der Waals surface area (Å²) in [7, 11) is -2.40. The van der Waals surface area contributed by atoms with Crippen LogP contribution in [0.3, 0.4) is 0 Å². The van der Waals surface area contributed by atoms with Crippen molar-refractivity contribution >= 4 is 39.2 Å². The van der Waals surface area contributed by atoms with E-state index in [1.54, 1.807) is 43.5 Å². The second kappa shape index (κ2) is 10.8. The molecule has 10 heteroatoms. The number of amides is 1. The molecule has 33 heavy (non-hydrogen) atoms. The highest BCUT2D eigenvalue weighted by Crippen LogP contribution is 2.22. The molecule has 0 unspecified atom stereocenters. The molecule has 0 bridgehead atoms. The number of hydrogen-bond acceptors (Lipinski definition) is 6. The molecule has 0 aliphatic carbocycles. The topological polar surface area (TPSA) is 111 Å². The third-order valence-electron chi connectivity index (χ3n) is 4.50. The van der Waals surface area contributed by atoms with Gasteiger partial charge in [0.05, 0.1) is 23.3 Å². The van der Waals surface area contributed by atoms with Gasteiger partial charge in [-0.2, -0.15) is 0 Å². The lowest BCUT2D eigenvalue weighted by atomic mass is 10.2. The predicted octanol–water partition coefficient (Wildman–Crippen LogP) is 3.62. The first-order valence-corrected chi connectivity index (χ1v) is 11.6. The van der Waals surface area contributed by atoms with Crippen LogP contribution in [0.15, 0.2) is 77.7 Å². The van der Waals surface area contributed by atoms with E-state index in [1.807, 2.05) is 0 Å². The van der Waals surface area contributed by atoms with E-state index in [0.29, 0.717) is 10.8 Å². The average molecular weight is 489 g/mol. The molecule has 0 atom stereocenters. The van der Waals surface area contributed by atoms with E-state index in [-0.39, 0.29) is 22.7 Å². The van der Waals surface area contributed by atoms with E-state index in [4.69, 9.17) is 21.1 Å². The van der Waals surface area contributed by atoms with Gasteiger partial charge in [-0.3, -0.25) is 9.52 Å². The first-order valence-electron chi connectivity index (χ1n) is 9.72. The zero-order valence-corrected chi connectivity index (χ0v) is 19.2. The smallest absolute Gasteiger partial charge is 0.340 e. The van der Waals surface area contributed by atoms with Crippen LogP contribution in [0.2, 0.25) is 5.02 Å². The molecule has 0 radical (unpaired) electrons. The minimum Gasteiger partial charge on any atom is -0.497 e. The van der Waals surface area contributed by atoms with Crippen LogP contribution in [0.5, 0.6) is 5.75 Å². The highest BCUT2D eigenvalue weighted by atomic mass is 35.5. The van der Waals surface area contributed by atoms with E-state index < -0.39 is 28.5 Å². The van der Waals surface area contributed by atoms with Crippen LogP contribution < -0.4 is 14.8 Å². The summed E-state index contributed by atoms with van der Waals surface area (Å²) in [6, 6.07) is 18.7. The Kier molecular flexibility index (Phi) is 7.92. The summed E-state index contributed by atoms with van der Waals surface area (Å²) in [5.41, 5.74) is 0.839. The van der Waals surface area contributed by atoms with E-state index in [1.165, 1.54) is 36.4 Å². The average Bonchev–Trinajstić information content (AvgIpc) is 2.82. The van der Waals surface area contributed by atoms with Gasteiger partial charge in [-0.1, -0.05) is 35.9 Å². The molecule has 0 fully saturated rings. The molecule has 0 saturated heterocycles. The van der Waals surface area contributed by atoms with Gasteiger partial charge in [0.1, 0.15) is 5.75 Å². The second-order valence-corrected chi connectivity index (χ2v) is 8.92. The largest absolute Gasteiger partial charge is 0.497 e. The van der Waals surface area contributed by atoms with Gasteiger partial charge in [0.15, 0.2) is 6.61 Å². The minimum absolute atomic E-state index is 0.0204. The van der Waals surface area contributed by atoms with E-state index in [2.05, 4.69) is 10.0 Å². The Morgan fingerprint density at radius 3 is 2.27 bits per heavy atom. The maximum atomic E-state index is 12.6. The molecule has 0 spiro atoms. The second-order valence-electron chi connectivity index (χ2n) is 6.81. The number of carbonyl (C=O) groups excluding carboxylic acids is 2. The van der Waals surface area contributed by atoms with Gasteiger partial charge in [0.2, 0.25) is 0 Å². The van der Waals surface area contributed by atoms with E-state index in [0.717, 1.165) is 5.56 Å². The lowest BCUT2D eigenvalue weighted by Crippen LogP contribution is -2.28. The molecular weight excluding hydrogens is 468 g/mol. The zero-order chi connectivity index (χ0) is 23.8. The van der Waals surface area contributed by atoms with Crippen molar-refractivity contribution in [3.05, 3.63) is 88.9 Å². The lowest BCUT2D eigenvalue weighted by Gasteiger charge is -2.12. The van der Waals surface area contributed by atoms with Crippen molar-refractivity contribution < 1.29 is 27.5 Å². The molecule has 0 aromatic heterocycles. The van der Waals surface area contributed by atoms with Crippen LogP contribution in [0.4, 0.5) is 5.69 Å². The summed E-state index contributed by atoms with van der Waals surface area (Å²) < 4.78 is 37.8. The molecule has 8 nitrogen and oxygen atoms in total. The number of hydrogen-bond donors (Lipinski definition) is 2. The van der Waals surface area contributed by atoms with E-state index in [9.17, 15) is 18.0 Å². The monoisotopic (exact) mass is 488 g/mol. The Balaban J connectivity index is 1.60. The minimum atomic E-state index is -3.97. The number of anilines is 1. The molecule has 172 valence electrons. The molecular formula is C23H21ClN2O6S. The lowest BCUT2D eigenvalue weighted by molar-refractivity contribution is -0.124. The van der Waals surface area contributed by atoms with Crippen molar-refractivity contribution in [3.63, 3.8) is 0 Å². The number of sulfonamides is 1. The standard InChI is InChI=1S/C23H21ClN2O6S/c1-31-18-10-6-16(7-11-18)14-25-22(27)15-32-23(28)20-4-2-3-5-21(20)26-33(29,30)19-12-8-17(24)9-13-19/h2-13,26H,14-15H2,1H3,(H,25,27). The number of nitrogens with one attached hydrogen (secondary N) is 2. The summed E-state index contributed by atoms with van der Waals surface area (Å²) >= 11 is 5.80. The van der Waals surface area contributed by atoms with E-state index >= 15 is 0 Å². The summed E-state index contributed by atoms with van der Waals surface area (Å²) in [6.07, 6.45) is 0. The molecule has 3 aromatic rings. The number of esters is 1. The fourth-order valence-electron chi connectivity index (χ4n) is 2.77. The van der Waals surface area contributed by atoms with Crippen molar-refractivity contribution in [2.45, 2.75) is 11.4 Å². The third-order valence-corrected chi connectivity index (χ3v) is 6.13. The molecule has 0 saturated carbocycles. The highest BCUT2D eigenvalue weighted by molar-refractivity contribution is 7.92. The Bertz CT molecular complexity index is 1230. The number of benzene rings is 3. The van der Waals surface area contributed by atoms with Gasteiger partial charge in [0, 0.05) is 11.6 Å². The Labute approximate surface area is 196 Å². The van der Waals surface area contributed by atoms with Gasteiger partial charge < -0.3 is 14.8 Å². The predicted molar refractivity (Wildman–Crippen MR) is 124 cm³/mol. The molecule has 0 aliphatic rings. The molecule has 3 aromatic carbocycles. The van der Waals surface area contributed by atoms with Crippen molar-refractivity contribution in [1.29, 1.82) is 0 Å². The Hall–Kier alpha value is -3.56. The third kappa shape index (κ3) is 6.71. The summed E-state index contributed by atoms with van der Waals surface area (Å²) in [4.78, 5) is 24.6. The van der Waals surface area contributed by atoms with Gasteiger partial charge in [0.25, 0.3) is 15.9 Å². The number of halogens is 1. The van der Waals surface area contributed by atoms with Crippen LogP contribution in [-0.2, 0) is 26.1 Å². The van der Waals surface area contributed by atoms with Gasteiger partial charge in [-0.15, -0.1) is 0 Å². The van der Waals surface area contributed by atoms with Gasteiger partial charge in [-0.05, 0) is 54.1 Å². The van der Waals surface area contributed by atoms with Crippen LogP contribution in [-0.4, -0.2) is 34.0 Å². The van der Waals surface area contributed by atoms with Crippen molar-refractivity contribution in [3.8, 4) is 5.75 Å².